The van der Waals surface area contributed by atoms with E-state index in [-0.39, 0.29) is 5.56 Å². The number of fused-ring (bicyclic) bond motifs is 2. The Labute approximate surface area is 203 Å². The molecular weight excluding hydrogens is 464 g/mol. The highest BCUT2D eigenvalue weighted by atomic mass is 35.5. The van der Waals surface area contributed by atoms with Gasteiger partial charge in [-0.25, -0.2) is 4.68 Å². The van der Waals surface area contributed by atoms with E-state index in [2.05, 4.69) is 37.9 Å². The molecule has 0 N–H and O–H groups in total. The van der Waals surface area contributed by atoms with Crippen LogP contribution < -0.4 is 0 Å². The third-order valence-electron chi connectivity index (χ3n) is 6.94. The molecule has 8 heteroatoms. The second kappa shape index (κ2) is 9.25. The predicted molar refractivity (Wildman–Crippen MR) is 131 cm³/mol. The number of thiophene rings is 1. The van der Waals surface area contributed by atoms with Gasteiger partial charge in [-0.05, 0) is 57.2 Å². The Morgan fingerprint density at radius 3 is 2.67 bits per heavy atom. The number of halogens is 3. The van der Waals surface area contributed by atoms with E-state index in [4.69, 9.17) is 21.4 Å². The molecule has 4 rings (SSSR count). The van der Waals surface area contributed by atoms with E-state index in [1.165, 1.54) is 28.5 Å². The summed E-state index contributed by atoms with van der Waals surface area (Å²) in [4.78, 5) is 2.97. The summed E-state index contributed by atoms with van der Waals surface area (Å²) in [5.74, 6) is -2.54. The molecule has 2 aliphatic heterocycles. The lowest BCUT2D eigenvalue weighted by molar-refractivity contribution is -0.182. The van der Waals surface area contributed by atoms with Crippen molar-refractivity contribution in [1.29, 1.82) is 0 Å². The van der Waals surface area contributed by atoms with Crippen LogP contribution in [0.2, 0.25) is 4.34 Å². The Morgan fingerprint density at radius 2 is 2.03 bits per heavy atom. The van der Waals surface area contributed by atoms with Crippen LogP contribution in [0.3, 0.4) is 0 Å². The minimum absolute atomic E-state index is 0.0538. The zero-order valence-corrected chi connectivity index (χ0v) is 21.5. The fraction of sp³-hybridized carbons (Fsp3) is 0.560. The van der Waals surface area contributed by atoms with Gasteiger partial charge in [0.05, 0.1) is 15.7 Å². The van der Waals surface area contributed by atoms with Crippen LogP contribution in [-0.4, -0.2) is 34.4 Å². The minimum Gasteiger partial charge on any atom is -0.363 e. The molecule has 4 nitrogen and oxygen atoms in total. The number of rotatable bonds is 5. The number of allylic oxidation sites excluding steroid dienone is 4. The van der Waals surface area contributed by atoms with Crippen LogP contribution in [0.15, 0.2) is 30.0 Å². The molecule has 1 spiro atoms. The molecule has 0 radical (unpaired) electrons. The summed E-state index contributed by atoms with van der Waals surface area (Å²) in [6, 6.07) is 1.42. The molecule has 1 saturated heterocycles. The summed E-state index contributed by atoms with van der Waals surface area (Å²) in [6.45, 7) is 12.3. The standard InChI is InChI=1S/C25H32ClF2N3OS/c1-6-7-21(17(4)16(2)3)31-14-19(18(5)29-31)13-30-10-8-24(9-11-30)23-20(12-22(26)33-23)25(27,28)15-32-24/h6-7,12,14,16H,8-11,13,15H2,1-5H3/b7-6-,21-17-. The zero-order valence-electron chi connectivity index (χ0n) is 19.9. The van der Waals surface area contributed by atoms with E-state index in [0.29, 0.717) is 28.0 Å². The summed E-state index contributed by atoms with van der Waals surface area (Å²) >= 11 is 7.37. The largest absolute Gasteiger partial charge is 0.363 e. The Balaban J connectivity index is 1.50. The molecule has 2 aliphatic rings. The van der Waals surface area contributed by atoms with Gasteiger partial charge in [0.2, 0.25) is 0 Å². The van der Waals surface area contributed by atoms with Crippen molar-refractivity contribution in [2.75, 3.05) is 19.7 Å². The summed E-state index contributed by atoms with van der Waals surface area (Å²) in [7, 11) is 0. The fourth-order valence-corrected chi connectivity index (χ4v) is 6.12. The Morgan fingerprint density at radius 1 is 1.33 bits per heavy atom. The molecule has 2 aromatic rings. The quantitative estimate of drug-likeness (QED) is 0.419. The lowest BCUT2D eigenvalue weighted by Gasteiger charge is -2.45. The van der Waals surface area contributed by atoms with Crippen LogP contribution in [0.25, 0.3) is 5.70 Å². The molecule has 0 bridgehead atoms. The first kappa shape index (κ1) is 24.6. The number of piperidine rings is 1. The molecule has 0 amide bonds. The zero-order chi connectivity index (χ0) is 24.0. The van der Waals surface area contributed by atoms with E-state index < -0.39 is 18.1 Å². The first-order valence-corrected chi connectivity index (χ1v) is 12.7. The SMILES string of the molecule is C/C=C\C(=C(/C)C(C)C)n1cc(CN2CCC3(CC2)OCC(F)(F)c2cc(Cl)sc23)c(C)n1. The van der Waals surface area contributed by atoms with E-state index in [9.17, 15) is 8.78 Å². The van der Waals surface area contributed by atoms with Crippen molar-refractivity contribution in [2.24, 2.45) is 5.92 Å². The Bertz CT molecular complexity index is 1080. The molecular formula is C25H32ClF2N3OS. The van der Waals surface area contributed by atoms with E-state index in [1.54, 1.807) is 0 Å². The number of alkyl halides is 2. The van der Waals surface area contributed by atoms with Gasteiger partial charge in [-0.2, -0.15) is 13.9 Å². The highest BCUT2D eigenvalue weighted by molar-refractivity contribution is 7.16. The molecule has 2 aromatic heterocycles. The first-order valence-electron chi connectivity index (χ1n) is 11.5. The van der Waals surface area contributed by atoms with Gasteiger partial charge < -0.3 is 4.74 Å². The van der Waals surface area contributed by atoms with Crippen molar-refractivity contribution >= 4 is 28.6 Å². The van der Waals surface area contributed by atoms with Gasteiger partial charge in [0.1, 0.15) is 12.2 Å². The first-order chi connectivity index (χ1) is 15.6. The third kappa shape index (κ3) is 4.70. The normalized spacial score (nSPS) is 21.1. The lowest BCUT2D eigenvalue weighted by atomic mass is 9.84. The fourth-order valence-electron chi connectivity index (χ4n) is 4.64. The molecule has 0 aromatic carbocycles. The maximum absolute atomic E-state index is 14.4. The van der Waals surface area contributed by atoms with Crippen molar-refractivity contribution in [3.8, 4) is 0 Å². The van der Waals surface area contributed by atoms with Crippen molar-refractivity contribution in [3.05, 3.63) is 56.0 Å². The van der Waals surface area contributed by atoms with Gasteiger partial charge >= 0.3 is 0 Å². The van der Waals surface area contributed by atoms with Crippen molar-refractivity contribution < 1.29 is 13.5 Å². The third-order valence-corrected chi connectivity index (χ3v) is 8.39. The van der Waals surface area contributed by atoms with Crippen LogP contribution in [0.5, 0.6) is 0 Å². The lowest BCUT2D eigenvalue weighted by Crippen LogP contribution is -2.48. The van der Waals surface area contributed by atoms with Gasteiger partial charge in [-0.15, -0.1) is 11.3 Å². The van der Waals surface area contributed by atoms with Gasteiger partial charge in [-0.3, -0.25) is 4.90 Å². The maximum atomic E-state index is 14.4. The Hall–Kier alpha value is -1.54. The predicted octanol–water partition coefficient (Wildman–Crippen LogP) is 6.98. The number of likely N-dealkylation sites (tertiary alicyclic amines) is 1. The van der Waals surface area contributed by atoms with Gasteiger partial charge in [0, 0.05) is 41.8 Å². The molecule has 0 atom stereocenters. The number of nitrogens with zero attached hydrogens (tertiary/aromatic N) is 3. The van der Waals surface area contributed by atoms with Crippen LogP contribution >= 0.6 is 22.9 Å². The summed E-state index contributed by atoms with van der Waals surface area (Å²) in [5, 5.41) is 4.79. The van der Waals surface area contributed by atoms with Gasteiger partial charge in [0.15, 0.2) is 0 Å². The number of aromatic nitrogens is 2. The van der Waals surface area contributed by atoms with Crippen LogP contribution in [0.4, 0.5) is 8.78 Å². The molecule has 180 valence electrons. The van der Waals surface area contributed by atoms with Crippen molar-refractivity contribution in [2.45, 2.75) is 65.5 Å². The monoisotopic (exact) mass is 495 g/mol. The summed E-state index contributed by atoms with van der Waals surface area (Å²) in [6.07, 6.45) is 7.62. The number of hydrogen-bond donors (Lipinski definition) is 0. The molecule has 4 heterocycles. The van der Waals surface area contributed by atoms with E-state index in [0.717, 1.165) is 31.0 Å². The van der Waals surface area contributed by atoms with E-state index >= 15 is 0 Å². The van der Waals surface area contributed by atoms with Crippen molar-refractivity contribution in [3.63, 3.8) is 0 Å². The number of aryl methyl sites for hydroxylation is 1. The minimum atomic E-state index is -2.97. The van der Waals surface area contributed by atoms with E-state index in [1.807, 2.05) is 24.6 Å². The molecule has 0 saturated carbocycles. The summed E-state index contributed by atoms with van der Waals surface area (Å²) in [5.41, 5.74) is 3.99. The number of ether oxygens (including phenoxy) is 1. The highest BCUT2D eigenvalue weighted by Gasteiger charge is 2.51. The van der Waals surface area contributed by atoms with Crippen molar-refractivity contribution in [1.82, 2.24) is 14.7 Å². The Kier molecular flexibility index (Phi) is 6.89. The smallest absolute Gasteiger partial charge is 0.297 e. The number of hydrogen-bond acceptors (Lipinski definition) is 4. The summed E-state index contributed by atoms with van der Waals surface area (Å²) < 4.78 is 37.0. The van der Waals surface area contributed by atoms with Crippen LogP contribution in [-0.2, 0) is 22.8 Å². The average molecular weight is 496 g/mol. The molecule has 1 fully saturated rings. The highest BCUT2D eigenvalue weighted by Crippen LogP contribution is 2.52. The van der Waals surface area contributed by atoms with Crippen LogP contribution in [0.1, 0.15) is 62.2 Å². The topological polar surface area (TPSA) is 30.3 Å². The molecule has 33 heavy (non-hydrogen) atoms. The second-order valence-corrected chi connectivity index (χ2v) is 11.1. The van der Waals surface area contributed by atoms with Gasteiger partial charge in [0.25, 0.3) is 5.92 Å². The maximum Gasteiger partial charge on any atom is 0.297 e. The van der Waals surface area contributed by atoms with Crippen LogP contribution in [0, 0.1) is 12.8 Å². The second-order valence-electron chi connectivity index (χ2n) is 9.46. The molecule has 0 unspecified atom stereocenters. The van der Waals surface area contributed by atoms with Gasteiger partial charge in [-0.1, -0.05) is 31.5 Å². The average Bonchev–Trinajstić information content (AvgIpc) is 3.34. The molecule has 0 aliphatic carbocycles.